The molecule has 9 heteroatoms. The van der Waals surface area contributed by atoms with Crippen molar-refractivity contribution >= 4 is 38.1 Å². The Balaban J connectivity index is 1.74. The van der Waals surface area contributed by atoms with E-state index in [0.717, 1.165) is 11.8 Å². The van der Waals surface area contributed by atoms with Gasteiger partial charge in [0.2, 0.25) is 15.2 Å². The summed E-state index contributed by atoms with van der Waals surface area (Å²) in [6.45, 7) is 1.72. The molecule has 0 atom stereocenters. The van der Waals surface area contributed by atoms with Gasteiger partial charge in [-0.1, -0.05) is 41.7 Å². The molecule has 1 amide bonds. The van der Waals surface area contributed by atoms with E-state index in [1.165, 1.54) is 11.3 Å². The molecule has 0 bridgehead atoms. The van der Waals surface area contributed by atoms with Gasteiger partial charge < -0.3 is 0 Å². The minimum Gasteiger partial charge on any atom is -0.296 e. The number of anilines is 2. The lowest BCUT2D eigenvalue weighted by molar-refractivity contribution is 0.102. The van der Waals surface area contributed by atoms with Crippen molar-refractivity contribution in [3.8, 4) is 10.6 Å². The normalized spacial score (nSPS) is 11.2. The predicted molar refractivity (Wildman–Crippen MR) is 103 cm³/mol. The molecule has 3 rings (SSSR count). The highest BCUT2D eigenvalue weighted by molar-refractivity contribution is 7.92. The molecule has 1 heterocycles. The zero-order valence-corrected chi connectivity index (χ0v) is 15.7. The highest BCUT2D eigenvalue weighted by atomic mass is 32.2. The summed E-state index contributed by atoms with van der Waals surface area (Å²) in [7, 11) is -3.37. The van der Waals surface area contributed by atoms with Gasteiger partial charge in [-0.25, -0.2) is 8.42 Å². The highest BCUT2D eigenvalue weighted by Crippen LogP contribution is 2.26. The number of nitrogens with zero attached hydrogens (tertiary/aromatic N) is 2. The number of benzene rings is 2. The maximum absolute atomic E-state index is 12.4. The van der Waals surface area contributed by atoms with Crippen molar-refractivity contribution in [2.24, 2.45) is 0 Å². The van der Waals surface area contributed by atoms with E-state index in [9.17, 15) is 13.2 Å². The minimum absolute atomic E-state index is 0.338. The molecule has 0 radical (unpaired) electrons. The summed E-state index contributed by atoms with van der Waals surface area (Å²) >= 11 is 1.28. The zero-order valence-electron chi connectivity index (χ0n) is 14.1. The van der Waals surface area contributed by atoms with Gasteiger partial charge in [-0.2, -0.15) is 0 Å². The zero-order chi connectivity index (χ0) is 18.7. The third-order valence-electron chi connectivity index (χ3n) is 3.45. The monoisotopic (exact) mass is 388 g/mol. The number of hydrogen-bond acceptors (Lipinski definition) is 6. The van der Waals surface area contributed by atoms with Crippen LogP contribution in [0.3, 0.4) is 0 Å². The molecule has 0 saturated heterocycles. The summed E-state index contributed by atoms with van der Waals surface area (Å²) < 4.78 is 25.1. The van der Waals surface area contributed by atoms with E-state index >= 15 is 0 Å². The van der Waals surface area contributed by atoms with E-state index in [-0.39, 0.29) is 5.91 Å². The molecule has 0 aliphatic heterocycles. The maximum Gasteiger partial charge on any atom is 0.257 e. The Morgan fingerprint density at radius 2 is 1.81 bits per heavy atom. The lowest BCUT2D eigenvalue weighted by Crippen LogP contribution is -2.14. The fraction of sp³-hybridized carbons (Fsp3) is 0.118. The van der Waals surface area contributed by atoms with Gasteiger partial charge in [-0.15, -0.1) is 10.2 Å². The molecule has 26 heavy (non-hydrogen) atoms. The number of carbonyl (C=O) groups is 1. The Kier molecular flexibility index (Phi) is 5.01. The maximum atomic E-state index is 12.4. The van der Waals surface area contributed by atoms with Crippen LogP contribution in [0.5, 0.6) is 0 Å². The minimum atomic E-state index is -3.37. The largest absolute Gasteiger partial charge is 0.296 e. The second kappa shape index (κ2) is 7.22. The summed E-state index contributed by atoms with van der Waals surface area (Å²) in [5, 5.41) is 11.9. The van der Waals surface area contributed by atoms with Crippen LogP contribution in [0.15, 0.2) is 48.5 Å². The Morgan fingerprint density at radius 1 is 1.08 bits per heavy atom. The summed E-state index contributed by atoms with van der Waals surface area (Å²) in [6.07, 6.45) is 1.08. The van der Waals surface area contributed by atoms with Crippen LogP contribution in [-0.2, 0) is 10.0 Å². The van der Waals surface area contributed by atoms with Crippen molar-refractivity contribution in [3.63, 3.8) is 0 Å². The van der Waals surface area contributed by atoms with Crippen molar-refractivity contribution in [2.45, 2.75) is 6.92 Å². The van der Waals surface area contributed by atoms with Gasteiger partial charge in [0.15, 0.2) is 0 Å². The summed E-state index contributed by atoms with van der Waals surface area (Å²) in [5.41, 5.74) is 2.41. The second-order valence-electron chi connectivity index (χ2n) is 5.64. The first-order valence-electron chi connectivity index (χ1n) is 7.60. The van der Waals surface area contributed by atoms with Crippen LogP contribution in [0.25, 0.3) is 10.6 Å². The molecule has 2 aromatic carbocycles. The number of hydrogen-bond donors (Lipinski definition) is 2. The van der Waals surface area contributed by atoms with Gasteiger partial charge >= 0.3 is 0 Å². The van der Waals surface area contributed by atoms with E-state index in [1.807, 2.05) is 30.3 Å². The molecular formula is C17H16N4O3S2. The molecular weight excluding hydrogens is 372 g/mol. The molecule has 134 valence electrons. The van der Waals surface area contributed by atoms with E-state index < -0.39 is 10.0 Å². The van der Waals surface area contributed by atoms with Gasteiger partial charge in [-0.3, -0.25) is 14.8 Å². The van der Waals surface area contributed by atoms with Crippen molar-refractivity contribution in [2.75, 3.05) is 16.3 Å². The van der Waals surface area contributed by atoms with E-state index in [1.54, 1.807) is 25.1 Å². The SMILES string of the molecule is Cc1cc(C(=O)Nc2nnc(-c3ccccc3)s2)ccc1NS(C)(=O)=O. The average Bonchev–Trinajstić information content (AvgIpc) is 3.05. The van der Waals surface area contributed by atoms with Gasteiger partial charge in [0, 0.05) is 11.1 Å². The topological polar surface area (TPSA) is 101 Å². The lowest BCUT2D eigenvalue weighted by Gasteiger charge is -2.09. The Hall–Kier alpha value is -2.78. The molecule has 3 aromatic rings. The lowest BCUT2D eigenvalue weighted by atomic mass is 10.1. The summed E-state index contributed by atoms with van der Waals surface area (Å²) in [5.74, 6) is -0.338. The van der Waals surface area contributed by atoms with Crippen molar-refractivity contribution in [1.82, 2.24) is 10.2 Å². The van der Waals surface area contributed by atoms with Gasteiger partial charge in [0.25, 0.3) is 5.91 Å². The third-order valence-corrected chi connectivity index (χ3v) is 4.93. The summed E-state index contributed by atoms with van der Waals surface area (Å²) in [4.78, 5) is 12.4. The summed E-state index contributed by atoms with van der Waals surface area (Å²) in [6, 6.07) is 14.3. The van der Waals surface area contributed by atoms with Crippen molar-refractivity contribution in [3.05, 3.63) is 59.7 Å². The Bertz CT molecular complexity index is 1050. The molecule has 0 aliphatic carbocycles. The van der Waals surface area contributed by atoms with E-state index in [4.69, 9.17) is 0 Å². The number of carbonyl (C=O) groups excluding carboxylic acids is 1. The standard InChI is InChI=1S/C17H16N4O3S2/c1-11-10-13(8-9-14(11)21-26(2,23)24)15(22)18-17-20-19-16(25-17)12-6-4-3-5-7-12/h3-10,21H,1-2H3,(H,18,20,22). The van der Waals surface area contributed by atoms with Gasteiger partial charge in [0.1, 0.15) is 5.01 Å². The van der Waals surface area contributed by atoms with Crippen LogP contribution in [0, 0.1) is 6.92 Å². The molecule has 2 N–H and O–H groups in total. The number of sulfonamides is 1. The molecule has 1 aromatic heterocycles. The van der Waals surface area contributed by atoms with Crippen LogP contribution in [0.2, 0.25) is 0 Å². The first-order valence-corrected chi connectivity index (χ1v) is 10.3. The van der Waals surface area contributed by atoms with E-state index in [2.05, 4.69) is 20.2 Å². The first-order chi connectivity index (χ1) is 12.3. The Labute approximate surface area is 155 Å². The van der Waals surface area contributed by atoms with Crippen molar-refractivity contribution < 1.29 is 13.2 Å². The molecule has 0 aliphatic rings. The quantitative estimate of drug-likeness (QED) is 0.699. The second-order valence-corrected chi connectivity index (χ2v) is 8.36. The average molecular weight is 388 g/mol. The smallest absolute Gasteiger partial charge is 0.257 e. The fourth-order valence-electron chi connectivity index (χ4n) is 2.26. The molecule has 0 fully saturated rings. The van der Waals surface area contributed by atoms with Gasteiger partial charge in [0.05, 0.1) is 11.9 Å². The molecule has 7 nitrogen and oxygen atoms in total. The Morgan fingerprint density at radius 3 is 2.46 bits per heavy atom. The number of rotatable bonds is 5. The number of amides is 1. The van der Waals surface area contributed by atoms with E-state index in [0.29, 0.717) is 27.0 Å². The van der Waals surface area contributed by atoms with Crippen LogP contribution in [-0.4, -0.2) is 30.8 Å². The van der Waals surface area contributed by atoms with Crippen LogP contribution in [0.1, 0.15) is 15.9 Å². The molecule has 0 spiro atoms. The molecule has 0 saturated carbocycles. The van der Waals surface area contributed by atoms with Crippen LogP contribution >= 0.6 is 11.3 Å². The predicted octanol–water partition coefficient (Wildman–Crippen LogP) is 3.14. The number of aromatic nitrogens is 2. The fourth-order valence-corrected chi connectivity index (χ4v) is 3.63. The van der Waals surface area contributed by atoms with Crippen LogP contribution < -0.4 is 10.0 Å². The molecule has 0 unspecified atom stereocenters. The van der Waals surface area contributed by atoms with Crippen molar-refractivity contribution in [1.29, 1.82) is 0 Å². The number of nitrogens with one attached hydrogen (secondary N) is 2. The highest BCUT2D eigenvalue weighted by Gasteiger charge is 2.13. The number of aryl methyl sites for hydroxylation is 1. The third kappa shape index (κ3) is 4.44. The van der Waals surface area contributed by atoms with Crippen LogP contribution in [0.4, 0.5) is 10.8 Å². The first kappa shape index (κ1) is 18.0. The van der Waals surface area contributed by atoms with Gasteiger partial charge in [-0.05, 0) is 30.7 Å².